The van der Waals surface area contributed by atoms with E-state index in [0.29, 0.717) is 18.0 Å². The summed E-state index contributed by atoms with van der Waals surface area (Å²) in [5.41, 5.74) is 6.32. The van der Waals surface area contributed by atoms with Crippen LogP contribution in [0.5, 0.6) is 0 Å². The molecule has 1 aromatic rings. The molecule has 0 aliphatic heterocycles. The van der Waals surface area contributed by atoms with Crippen LogP contribution in [0.25, 0.3) is 0 Å². The Morgan fingerprint density at radius 3 is 2.21 bits per heavy atom. The fourth-order valence-electron chi connectivity index (χ4n) is 2.85. The summed E-state index contributed by atoms with van der Waals surface area (Å²) < 4.78 is 0. The SMILES string of the molecule is CCC(CC)N(CC(C)C)C(c1cccs1)C(C)N. The van der Waals surface area contributed by atoms with Gasteiger partial charge in [0.25, 0.3) is 0 Å². The third-order valence-corrected chi connectivity index (χ3v) is 4.62. The van der Waals surface area contributed by atoms with E-state index in [-0.39, 0.29) is 6.04 Å². The summed E-state index contributed by atoms with van der Waals surface area (Å²) in [5.74, 6) is 0.668. The van der Waals surface area contributed by atoms with Crippen molar-refractivity contribution in [2.75, 3.05) is 6.54 Å². The van der Waals surface area contributed by atoms with E-state index in [9.17, 15) is 0 Å². The van der Waals surface area contributed by atoms with Crippen molar-refractivity contribution in [1.29, 1.82) is 0 Å². The number of hydrogen-bond acceptors (Lipinski definition) is 3. The Morgan fingerprint density at radius 1 is 1.21 bits per heavy atom. The zero-order valence-electron chi connectivity index (χ0n) is 13.1. The highest BCUT2D eigenvalue weighted by Gasteiger charge is 2.29. The molecule has 2 unspecified atom stereocenters. The Hall–Kier alpha value is -0.380. The quantitative estimate of drug-likeness (QED) is 0.771. The Labute approximate surface area is 123 Å². The standard InChI is InChI=1S/C16H30N2S/c1-6-14(7-2)18(11-12(3)4)16(13(5)17)15-9-8-10-19-15/h8-10,12-14,16H,6-7,11,17H2,1-5H3. The van der Waals surface area contributed by atoms with Crippen LogP contribution in [0, 0.1) is 5.92 Å². The first-order chi connectivity index (χ1) is 9.01. The fourth-order valence-corrected chi connectivity index (χ4v) is 3.81. The summed E-state index contributed by atoms with van der Waals surface area (Å²) in [4.78, 5) is 4.05. The molecule has 2 atom stereocenters. The highest BCUT2D eigenvalue weighted by Crippen LogP contribution is 2.31. The van der Waals surface area contributed by atoms with Gasteiger partial charge in [-0.3, -0.25) is 4.90 Å². The summed E-state index contributed by atoms with van der Waals surface area (Å²) in [6.45, 7) is 12.4. The van der Waals surface area contributed by atoms with Crippen LogP contribution >= 0.6 is 11.3 Å². The number of hydrogen-bond donors (Lipinski definition) is 1. The molecule has 1 aromatic heterocycles. The van der Waals surface area contributed by atoms with E-state index in [1.54, 1.807) is 0 Å². The minimum Gasteiger partial charge on any atom is -0.326 e. The molecule has 19 heavy (non-hydrogen) atoms. The van der Waals surface area contributed by atoms with Crippen LogP contribution in [0.3, 0.4) is 0 Å². The third kappa shape index (κ3) is 4.59. The smallest absolute Gasteiger partial charge is 0.0593 e. The van der Waals surface area contributed by atoms with Gasteiger partial charge in [-0.05, 0) is 37.1 Å². The van der Waals surface area contributed by atoms with E-state index in [0.717, 1.165) is 6.54 Å². The van der Waals surface area contributed by atoms with Gasteiger partial charge in [-0.2, -0.15) is 0 Å². The fraction of sp³-hybridized carbons (Fsp3) is 0.750. The van der Waals surface area contributed by atoms with Gasteiger partial charge in [-0.1, -0.05) is 33.8 Å². The number of nitrogens with two attached hydrogens (primary N) is 1. The molecule has 0 amide bonds. The van der Waals surface area contributed by atoms with Gasteiger partial charge >= 0.3 is 0 Å². The van der Waals surface area contributed by atoms with E-state index in [1.807, 2.05) is 11.3 Å². The molecular weight excluding hydrogens is 252 g/mol. The maximum absolute atomic E-state index is 6.32. The molecule has 0 saturated carbocycles. The molecule has 0 radical (unpaired) electrons. The van der Waals surface area contributed by atoms with E-state index >= 15 is 0 Å². The lowest BCUT2D eigenvalue weighted by molar-refractivity contribution is 0.0975. The summed E-state index contributed by atoms with van der Waals surface area (Å²) in [5, 5.41) is 2.16. The minimum absolute atomic E-state index is 0.165. The van der Waals surface area contributed by atoms with Gasteiger partial charge in [0.15, 0.2) is 0 Å². The molecular formula is C16H30N2S. The van der Waals surface area contributed by atoms with Crippen LogP contribution in [0.4, 0.5) is 0 Å². The molecule has 0 bridgehead atoms. The Kier molecular flexibility index (Phi) is 7.05. The first-order valence-corrected chi connectivity index (χ1v) is 8.43. The van der Waals surface area contributed by atoms with Crippen molar-refractivity contribution in [3.63, 3.8) is 0 Å². The van der Waals surface area contributed by atoms with E-state index < -0.39 is 0 Å². The van der Waals surface area contributed by atoms with Gasteiger partial charge in [-0.15, -0.1) is 11.3 Å². The molecule has 2 nitrogen and oxygen atoms in total. The molecule has 2 N–H and O–H groups in total. The van der Waals surface area contributed by atoms with Gasteiger partial charge < -0.3 is 5.73 Å². The highest BCUT2D eigenvalue weighted by molar-refractivity contribution is 7.10. The van der Waals surface area contributed by atoms with Crippen LogP contribution < -0.4 is 5.73 Å². The van der Waals surface area contributed by atoms with Gasteiger partial charge in [0.05, 0.1) is 6.04 Å². The Bertz CT molecular complexity index is 329. The second-order valence-corrected chi connectivity index (χ2v) is 6.86. The molecule has 1 rings (SSSR count). The molecule has 0 saturated heterocycles. The number of nitrogens with zero attached hydrogens (tertiary/aromatic N) is 1. The molecule has 0 spiro atoms. The lowest BCUT2D eigenvalue weighted by Gasteiger charge is -2.40. The second kappa shape index (κ2) is 8.03. The molecule has 110 valence electrons. The van der Waals surface area contributed by atoms with Gasteiger partial charge in [-0.25, -0.2) is 0 Å². The third-order valence-electron chi connectivity index (χ3n) is 3.68. The first kappa shape index (κ1) is 16.7. The Morgan fingerprint density at radius 2 is 1.84 bits per heavy atom. The van der Waals surface area contributed by atoms with E-state index in [4.69, 9.17) is 5.73 Å². The lowest BCUT2D eigenvalue weighted by Crippen LogP contribution is -2.46. The van der Waals surface area contributed by atoms with Crippen LogP contribution in [-0.4, -0.2) is 23.5 Å². The summed E-state index contributed by atoms with van der Waals surface area (Å²) in [6, 6.07) is 5.51. The molecule has 0 aromatic carbocycles. The maximum atomic E-state index is 6.32. The second-order valence-electron chi connectivity index (χ2n) is 5.88. The first-order valence-electron chi connectivity index (χ1n) is 7.55. The van der Waals surface area contributed by atoms with Crippen molar-refractivity contribution < 1.29 is 0 Å². The minimum atomic E-state index is 0.165. The number of rotatable bonds is 8. The van der Waals surface area contributed by atoms with Crippen molar-refractivity contribution in [2.24, 2.45) is 11.7 Å². The van der Waals surface area contributed by atoms with Crippen molar-refractivity contribution in [1.82, 2.24) is 4.90 Å². The molecule has 0 aliphatic carbocycles. The van der Waals surface area contributed by atoms with E-state index in [2.05, 4.69) is 57.0 Å². The molecule has 3 heteroatoms. The monoisotopic (exact) mass is 282 g/mol. The lowest BCUT2D eigenvalue weighted by atomic mass is 9.99. The van der Waals surface area contributed by atoms with Gasteiger partial charge in [0.1, 0.15) is 0 Å². The van der Waals surface area contributed by atoms with Crippen LogP contribution in [0.1, 0.15) is 58.4 Å². The highest BCUT2D eigenvalue weighted by atomic mass is 32.1. The zero-order chi connectivity index (χ0) is 14.4. The maximum Gasteiger partial charge on any atom is 0.0593 e. The van der Waals surface area contributed by atoms with Crippen molar-refractivity contribution in [3.05, 3.63) is 22.4 Å². The van der Waals surface area contributed by atoms with Crippen molar-refractivity contribution in [2.45, 2.75) is 65.6 Å². The van der Waals surface area contributed by atoms with Crippen LogP contribution in [0.15, 0.2) is 17.5 Å². The predicted octanol–water partition coefficient (Wildman–Crippen LogP) is 4.28. The summed E-state index contributed by atoms with van der Waals surface area (Å²) in [7, 11) is 0. The zero-order valence-corrected chi connectivity index (χ0v) is 13.9. The van der Waals surface area contributed by atoms with Crippen molar-refractivity contribution >= 4 is 11.3 Å². The average Bonchev–Trinajstić information content (AvgIpc) is 2.83. The van der Waals surface area contributed by atoms with Gasteiger partial charge in [0.2, 0.25) is 0 Å². The molecule has 0 fully saturated rings. The number of thiophene rings is 1. The summed E-state index contributed by atoms with van der Waals surface area (Å²) in [6.07, 6.45) is 2.38. The van der Waals surface area contributed by atoms with Crippen LogP contribution in [-0.2, 0) is 0 Å². The molecule has 0 aliphatic rings. The van der Waals surface area contributed by atoms with Crippen molar-refractivity contribution in [3.8, 4) is 0 Å². The predicted molar refractivity (Wildman–Crippen MR) is 86.6 cm³/mol. The van der Waals surface area contributed by atoms with Crippen LogP contribution in [0.2, 0.25) is 0 Å². The molecule has 1 heterocycles. The average molecular weight is 282 g/mol. The summed E-state index contributed by atoms with van der Waals surface area (Å²) >= 11 is 1.83. The normalized spacial score (nSPS) is 15.4. The Balaban J connectivity index is 3.03. The van der Waals surface area contributed by atoms with E-state index in [1.165, 1.54) is 17.7 Å². The van der Waals surface area contributed by atoms with Gasteiger partial charge in [0, 0.05) is 23.5 Å². The largest absolute Gasteiger partial charge is 0.326 e. The topological polar surface area (TPSA) is 29.3 Å².